The molecule has 4 rings (SSSR count). The smallest absolute Gasteiger partial charge is 0.329 e. The third-order valence-corrected chi connectivity index (χ3v) is 5.10. The van der Waals surface area contributed by atoms with Crippen molar-refractivity contribution in [2.75, 3.05) is 6.54 Å². The molecule has 0 N–H and O–H groups in total. The first-order valence-electron chi connectivity index (χ1n) is 8.55. The van der Waals surface area contributed by atoms with Crippen LogP contribution < -0.4 is 0 Å². The number of alkyl halides is 3. The maximum Gasteiger partial charge on any atom is 0.471 e. The highest BCUT2D eigenvalue weighted by atomic mass is 35.5. The lowest BCUT2D eigenvalue weighted by molar-refractivity contribution is -0.186. The van der Waals surface area contributed by atoms with E-state index < -0.39 is 12.1 Å². The number of hydrogen-bond acceptors (Lipinski definition) is 2. The monoisotopic (exact) mass is 406 g/mol. The molecule has 1 aliphatic rings. The molecule has 0 radical (unpaired) electrons. The number of aromatic nitrogens is 1. The Hall–Kier alpha value is -2.80. The van der Waals surface area contributed by atoms with Gasteiger partial charge in [0.1, 0.15) is 0 Å². The van der Waals surface area contributed by atoms with Crippen LogP contribution >= 0.6 is 11.6 Å². The SMILES string of the molecule is O=C(c1ccccc1)n1c2c(c3cc(Cl)ccc31)CCN(C(=O)C(F)(F)F)C2. The number of benzene rings is 2. The fourth-order valence-electron chi connectivity index (χ4n) is 3.63. The number of fused-ring (bicyclic) bond motifs is 3. The van der Waals surface area contributed by atoms with Crippen LogP contribution in [-0.4, -0.2) is 34.0 Å². The molecule has 144 valence electrons. The third kappa shape index (κ3) is 3.05. The normalized spacial score (nSPS) is 14.2. The van der Waals surface area contributed by atoms with Gasteiger partial charge in [0.25, 0.3) is 5.91 Å². The molecular weight excluding hydrogens is 393 g/mol. The fourth-order valence-corrected chi connectivity index (χ4v) is 3.80. The van der Waals surface area contributed by atoms with Crippen molar-refractivity contribution in [3.63, 3.8) is 0 Å². The zero-order valence-electron chi connectivity index (χ0n) is 14.5. The van der Waals surface area contributed by atoms with Crippen LogP contribution in [0.5, 0.6) is 0 Å². The predicted molar refractivity (Wildman–Crippen MR) is 98.3 cm³/mol. The molecule has 1 aliphatic heterocycles. The maximum absolute atomic E-state index is 13.2. The highest BCUT2D eigenvalue weighted by molar-refractivity contribution is 6.31. The second-order valence-electron chi connectivity index (χ2n) is 6.57. The van der Waals surface area contributed by atoms with Crippen molar-refractivity contribution >= 4 is 34.3 Å². The van der Waals surface area contributed by atoms with Gasteiger partial charge in [-0.15, -0.1) is 0 Å². The molecule has 0 bridgehead atoms. The number of nitrogens with zero attached hydrogens (tertiary/aromatic N) is 2. The first-order valence-corrected chi connectivity index (χ1v) is 8.92. The van der Waals surface area contributed by atoms with E-state index in [0.29, 0.717) is 27.2 Å². The van der Waals surface area contributed by atoms with Gasteiger partial charge in [-0.1, -0.05) is 29.8 Å². The highest BCUT2D eigenvalue weighted by Crippen LogP contribution is 2.34. The Morgan fingerprint density at radius 3 is 2.43 bits per heavy atom. The molecule has 28 heavy (non-hydrogen) atoms. The Labute approximate surface area is 163 Å². The summed E-state index contributed by atoms with van der Waals surface area (Å²) < 4.78 is 40.1. The molecule has 0 unspecified atom stereocenters. The first kappa shape index (κ1) is 18.6. The molecule has 8 heteroatoms. The number of rotatable bonds is 1. The molecule has 4 nitrogen and oxygen atoms in total. The topological polar surface area (TPSA) is 42.3 Å². The van der Waals surface area contributed by atoms with E-state index in [1.165, 1.54) is 4.57 Å². The van der Waals surface area contributed by atoms with E-state index in [0.717, 1.165) is 10.5 Å². The molecule has 2 aromatic carbocycles. The molecule has 1 aromatic heterocycles. The minimum atomic E-state index is -4.96. The largest absolute Gasteiger partial charge is 0.471 e. The van der Waals surface area contributed by atoms with Crippen LogP contribution in [0, 0.1) is 0 Å². The average Bonchev–Trinajstić information content (AvgIpc) is 2.99. The summed E-state index contributed by atoms with van der Waals surface area (Å²) in [5.41, 5.74) is 2.09. The van der Waals surface area contributed by atoms with Gasteiger partial charge >= 0.3 is 12.1 Å². The highest BCUT2D eigenvalue weighted by Gasteiger charge is 2.44. The second-order valence-corrected chi connectivity index (χ2v) is 7.00. The molecule has 0 saturated carbocycles. The minimum Gasteiger partial charge on any atom is -0.329 e. The number of hydrogen-bond donors (Lipinski definition) is 0. The lowest BCUT2D eigenvalue weighted by Crippen LogP contribution is -2.44. The molecule has 2 heterocycles. The van der Waals surface area contributed by atoms with Crippen LogP contribution in [0.2, 0.25) is 5.02 Å². The summed E-state index contributed by atoms with van der Waals surface area (Å²) in [6, 6.07) is 13.5. The van der Waals surface area contributed by atoms with Crippen LogP contribution in [0.4, 0.5) is 13.2 Å². The van der Waals surface area contributed by atoms with Crippen molar-refractivity contribution in [3.8, 4) is 0 Å². The van der Waals surface area contributed by atoms with Gasteiger partial charge in [-0.05, 0) is 42.3 Å². The van der Waals surface area contributed by atoms with Gasteiger partial charge < -0.3 is 4.90 Å². The molecule has 0 saturated heterocycles. The summed E-state index contributed by atoms with van der Waals surface area (Å²) in [6.07, 6.45) is -4.75. The molecular formula is C20H14ClF3N2O2. The zero-order valence-corrected chi connectivity index (χ0v) is 15.2. The van der Waals surface area contributed by atoms with Crippen LogP contribution in [0.3, 0.4) is 0 Å². The number of amides is 1. The van der Waals surface area contributed by atoms with Gasteiger partial charge in [0, 0.05) is 28.2 Å². The second kappa shape index (κ2) is 6.67. The Morgan fingerprint density at radius 2 is 1.75 bits per heavy atom. The van der Waals surface area contributed by atoms with Gasteiger partial charge in [-0.2, -0.15) is 13.2 Å². The molecule has 3 aromatic rings. The minimum absolute atomic E-state index is 0.0729. The van der Waals surface area contributed by atoms with Gasteiger partial charge in [-0.3, -0.25) is 14.2 Å². The number of carbonyl (C=O) groups excluding carboxylic acids is 2. The van der Waals surface area contributed by atoms with Gasteiger partial charge in [0.2, 0.25) is 0 Å². The van der Waals surface area contributed by atoms with Gasteiger partial charge in [0.05, 0.1) is 12.1 Å². The van der Waals surface area contributed by atoms with Crippen molar-refractivity contribution in [2.24, 2.45) is 0 Å². The van der Waals surface area contributed by atoms with Crippen LogP contribution in [0.25, 0.3) is 10.9 Å². The molecule has 0 fully saturated rings. The lowest BCUT2D eigenvalue weighted by atomic mass is 10.0. The van der Waals surface area contributed by atoms with E-state index in [-0.39, 0.29) is 25.4 Å². The third-order valence-electron chi connectivity index (χ3n) is 4.87. The summed E-state index contributed by atoms with van der Waals surface area (Å²) in [7, 11) is 0. The Bertz CT molecular complexity index is 1090. The van der Waals surface area contributed by atoms with Crippen LogP contribution in [-0.2, 0) is 17.8 Å². The van der Waals surface area contributed by atoms with Crippen molar-refractivity contribution < 1.29 is 22.8 Å². The van der Waals surface area contributed by atoms with E-state index in [1.54, 1.807) is 48.5 Å². The summed E-state index contributed by atoms with van der Waals surface area (Å²) in [5, 5.41) is 1.18. The molecule has 0 spiro atoms. The average molecular weight is 407 g/mol. The predicted octanol–water partition coefficient (Wildman–Crippen LogP) is 4.43. The van der Waals surface area contributed by atoms with E-state index >= 15 is 0 Å². The van der Waals surface area contributed by atoms with E-state index in [1.807, 2.05) is 0 Å². The maximum atomic E-state index is 13.2. The van der Waals surface area contributed by atoms with E-state index in [4.69, 9.17) is 11.6 Å². The summed E-state index contributed by atoms with van der Waals surface area (Å²) >= 11 is 6.10. The standard InChI is InChI=1S/C20H14ClF3N2O2/c21-13-6-7-16-15(10-13)14-8-9-25(19(28)20(22,23)24)11-17(14)26(16)18(27)12-4-2-1-3-5-12/h1-7,10H,8-9,11H2. The zero-order chi connectivity index (χ0) is 20.1. The number of carbonyl (C=O) groups is 2. The summed E-state index contributed by atoms with van der Waals surface area (Å²) in [6.45, 7) is -0.366. The van der Waals surface area contributed by atoms with Crippen LogP contribution in [0.15, 0.2) is 48.5 Å². The molecule has 0 atom stereocenters. The van der Waals surface area contributed by atoms with Crippen molar-refractivity contribution in [2.45, 2.75) is 19.1 Å². The van der Waals surface area contributed by atoms with Crippen LogP contribution in [0.1, 0.15) is 21.6 Å². The Kier molecular flexibility index (Phi) is 4.42. The molecule has 0 aliphatic carbocycles. The van der Waals surface area contributed by atoms with Crippen molar-refractivity contribution in [1.82, 2.24) is 9.47 Å². The quantitative estimate of drug-likeness (QED) is 0.600. The lowest BCUT2D eigenvalue weighted by Gasteiger charge is -2.28. The Balaban J connectivity index is 1.88. The van der Waals surface area contributed by atoms with Gasteiger partial charge in [0.15, 0.2) is 0 Å². The van der Waals surface area contributed by atoms with E-state index in [2.05, 4.69) is 0 Å². The van der Waals surface area contributed by atoms with Crippen molar-refractivity contribution in [3.05, 3.63) is 70.4 Å². The summed E-state index contributed by atoms with van der Waals surface area (Å²) in [5.74, 6) is -2.27. The molecule has 1 amide bonds. The fraction of sp³-hybridized carbons (Fsp3) is 0.200. The Morgan fingerprint density at radius 1 is 1.04 bits per heavy atom. The first-order chi connectivity index (χ1) is 13.3. The van der Waals surface area contributed by atoms with Gasteiger partial charge in [-0.25, -0.2) is 0 Å². The van der Waals surface area contributed by atoms with Crippen molar-refractivity contribution in [1.29, 1.82) is 0 Å². The summed E-state index contributed by atoms with van der Waals surface area (Å²) in [4.78, 5) is 25.6. The number of halogens is 4. The van der Waals surface area contributed by atoms with E-state index in [9.17, 15) is 22.8 Å².